The van der Waals surface area contributed by atoms with E-state index in [-0.39, 0.29) is 37.1 Å². The van der Waals surface area contributed by atoms with Gasteiger partial charge in [-0.15, -0.1) is 0 Å². The molecule has 81 heavy (non-hydrogen) atoms. The number of carbonyl (C=O) groups is 10. The number of nitrogens with one attached hydrogen (secondary N) is 7. The number of aryl methyl sites for hydroxylation is 1. The van der Waals surface area contributed by atoms with Crippen molar-refractivity contribution in [3.63, 3.8) is 0 Å². The summed E-state index contributed by atoms with van der Waals surface area (Å²) in [7, 11) is 0. The van der Waals surface area contributed by atoms with E-state index in [1.165, 1.54) is 10.6 Å². The molecule has 26 heteroatoms. The zero-order chi connectivity index (χ0) is 57.9. The van der Waals surface area contributed by atoms with E-state index < -0.39 is 139 Å². The molecule has 0 spiro atoms. The predicted molar refractivity (Wildman–Crippen MR) is 280 cm³/mol. The number of hydrogen-bond acceptors (Lipinski definition) is 16. The normalized spacial score (nSPS) is 18.9. The van der Waals surface area contributed by atoms with Crippen LogP contribution in [0.4, 0.5) is 4.39 Å². The first-order valence-corrected chi connectivity index (χ1v) is 26.4. The number of aromatic nitrogens is 2. The van der Waals surface area contributed by atoms with Crippen molar-refractivity contribution in [2.45, 2.75) is 108 Å². The number of esters is 1. The number of pyridine rings is 2. The molecule has 2 aromatic heterocycles. The number of hydrogen-bond donors (Lipinski definition) is 9. The van der Waals surface area contributed by atoms with Crippen molar-refractivity contribution in [2.75, 3.05) is 39.5 Å². The Morgan fingerprint density at radius 2 is 1.54 bits per heavy atom. The molecule has 0 unspecified atom stereocenters. The molecule has 4 aromatic rings. The van der Waals surface area contributed by atoms with Crippen molar-refractivity contribution >= 4 is 70.1 Å². The number of benzene rings is 2. The van der Waals surface area contributed by atoms with Crippen LogP contribution in [0.5, 0.6) is 0 Å². The molecular formula is C55H59FN10O15. The third-order valence-electron chi connectivity index (χ3n) is 15.4. The van der Waals surface area contributed by atoms with Gasteiger partial charge in [0.25, 0.3) is 23.3 Å². The monoisotopic (exact) mass is 1120 g/mol. The number of carboxylic acids is 1. The van der Waals surface area contributed by atoms with Crippen LogP contribution in [0.25, 0.3) is 22.3 Å². The van der Waals surface area contributed by atoms with Gasteiger partial charge >= 0.3 is 11.9 Å². The van der Waals surface area contributed by atoms with E-state index in [1.807, 2.05) is 0 Å². The van der Waals surface area contributed by atoms with Gasteiger partial charge in [-0.2, -0.15) is 0 Å². The minimum absolute atomic E-state index is 0.0318. The van der Waals surface area contributed by atoms with Crippen LogP contribution in [0.15, 0.2) is 59.4 Å². The number of carbonyl (C=O) groups excluding carboxylic acids is 9. The van der Waals surface area contributed by atoms with Crippen LogP contribution >= 0.6 is 0 Å². The van der Waals surface area contributed by atoms with Crippen LogP contribution in [0.1, 0.15) is 90.4 Å². The molecule has 2 aliphatic carbocycles. The number of nitrogens with zero attached hydrogens (tertiary/aromatic N) is 3. The number of amides is 8. The smallest absolute Gasteiger partial charge is 0.343 e. The summed E-state index contributed by atoms with van der Waals surface area (Å²) >= 11 is 0. The molecule has 5 aliphatic rings. The first kappa shape index (κ1) is 57.0. The Bertz CT molecular complexity index is 3380. The maximum Gasteiger partial charge on any atom is 0.343 e. The number of aliphatic hydroxyl groups is 1. The van der Waals surface area contributed by atoms with E-state index in [9.17, 15) is 57.8 Å². The molecule has 5 heterocycles. The molecule has 9 rings (SSSR count). The SMILES string of the molecule is CC[C@@]1(O)C(=O)OCc2c1cc1n(c2=O)Cc2c-1nc1cc(F)c(C)c3c1c2[C@@H](NC(=O)C1(OCNC(=O)CNC(=O)[C@H](Cc2ccccc2)NC(=O)CNC(=O)CNC(=O)[C@@H](CNCC(=O)O)N2C(=O)C=CC2=O)CCCC1)CC3. The number of imide groups is 1. The van der Waals surface area contributed by atoms with E-state index in [2.05, 4.69) is 37.2 Å². The van der Waals surface area contributed by atoms with Gasteiger partial charge in [0.2, 0.25) is 29.5 Å². The van der Waals surface area contributed by atoms with E-state index in [0.717, 1.165) is 17.7 Å². The molecule has 1 saturated carbocycles. The quantitative estimate of drug-likeness (QED) is 0.0230. The number of fused-ring (bicyclic) bond motifs is 5. The molecule has 1 fully saturated rings. The lowest BCUT2D eigenvalue weighted by atomic mass is 9.81. The minimum Gasteiger partial charge on any atom is -0.480 e. The third-order valence-corrected chi connectivity index (χ3v) is 15.4. The van der Waals surface area contributed by atoms with Gasteiger partial charge in [-0.3, -0.25) is 52.8 Å². The van der Waals surface area contributed by atoms with Gasteiger partial charge in [-0.05, 0) is 80.2 Å². The number of ether oxygens (including phenoxy) is 2. The van der Waals surface area contributed by atoms with E-state index in [1.54, 1.807) is 50.2 Å². The average Bonchev–Trinajstić information content (AvgIpc) is 2.44. The van der Waals surface area contributed by atoms with Crippen molar-refractivity contribution < 1.29 is 72.0 Å². The maximum absolute atomic E-state index is 15.6. The molecule has 8 amide bonds. The molecule has 3 aliphatic heterocycles. The number of halogens is 1. The van der Waals surface area contributed by atoms with Crippen LogP contribution in [0, 0.1) is 12.7 Å². The first-order chi connectivity index (χ1) is 38.7. The second kappa shape index (κ2) is 23.5. The summed E-state index contributed by atoms with van der Waals surface area (Å²) in [4.78, 5) is 148. The van der Waals surface area contributed by atoms with Gasteiger partial charge in [0.15, 0.2) is 5.60 Å². The summed E-state index contributed by atoms with van der Waals surface area (Å²) in [6.45, 7) is -0.422. The lowest BCUT2D eigenvalue weighted by Crippen LogP contribution is -2.56. The molecule has 426 valence electrons. The third kappa shape index (κ3) is 11.5. The Hall–Kier alpha value is -8.75. The van der Waals surface area contributed by atoms with Gasteiger partial charge in [-0.25, -0.2) is 14.2 Å². The van der Waals surface area contributed by atoms with Gasteiger partial charge in [-0.1, -0.05) is 37.3 Å². The first-order valence-electron chi connectivity index (χ1n) is 26.4. The summed E-state index contributed by atoms with van der Waals surface area (Å²) < 4.78 is 28.5. The number of cyclic esters (lactones) is 1. The van der Waals surface area contributed by atoms with E-state index in [0.29, 0.717) is 88.0 Å². The van der Waals surface area contributed by atoms with Gasteiger partial charge in [0.05, 0.1) is 61.2 Å². The van der Waals surface area contributed by atoms with Crippen molar-refractivity contribution in [1.82, 2.24) is 51.7 Å². The minimum atomic E-state index is -2.07. The Labute approximate surface area is 460 Å². The number of carboxylic acid groups (broad SMARTS) is 1. The molecule has 2 aromatic carbocycles. The highest BCUT2D eigenvalue weighted by atomic mass is 19.1. The van der Waals surface area contributed by atoms with Crippen LogP contribution in [-0.2, 0) is 89.0 Å². The Balaban J connectivity index is 0.817. The fraction of sp³-hybridized carbons (Fsp3) is 0.418. The second-order valence-corrected chi connectivity index (χ2v) is 20.4. The van der Waals surface area contributed by atoms with Crippen LogP contribution in [-0.4, -0.2) is 141 Å². The second-order valence-electron chi connectivity index (χ2n) is 20.4. The lowest BCUT2D eigenvalue weighted by molar-refractivity contribution is -0.172. The largest absolute Gasteiger partial charge is 0.480 e. The molecule has 4 atom stereocenters. The Kier molecular flexibility index (Phi) is 16.5. The lowest BCUT2D eigenvalue weighted by Gasteiger charge is -2.34. The number of aliphatic carboxylic acids is 1. The molecule has 25 nitrogen and oxygen atoms in total. The predicted octanol–water partition coefficient (Wildman–Crippen LogP) is -0.922. The van der Waals surface area contributed by atoms with Gasteiger partial charge in [0.1, 0.15) is 36.8 Å². The summed E-state index contributed by atoms with van der Waals surface area (Å²) in [5.41, 5.74) is 0.354. The van der Waals surface area contributed by atoms with E-state index in [4.69, 9.17) is 19.6 Å². The van der Waals surface area contributed by atoms with Crippen molar-refractivity contribution in [3.05, 3.63) is 110 Å². The van der Waals surface area contributed by atoms with Gasteiger partial charge < -0.3 is 61.5 Å². The summed E-state index contributed by atoms with van der Waals surface area (Å²) in [6.07, 6.45) is 4.39. The maximum atomic E-state index is 15.6. The molecule has 9 N–H and O–H groups in total. The van der Waals surface area contributed by atoms with E-state index >= 15 is 4.39 Å². The molecule has 0 radical (unpaired) electrons. The summed E-state index contributed by atoms with van der Waals surface area (Å²) in [6, 6.07) is 8.07. The van der Waals surface area contributed by atoms with Crippen LogP contribution in [0.2, 0.25) is 0 Å². The summed E-state index contributed by atoms with van der Waals surface area (Å²) in [5.74, 6) is -8.83. The highest BCUT2D eigenvalue weighted by Crippen LogP contribution is 2.46. The zero-order valence-corrected chi connectivity index (χ0v) is 44.2. The van der Waals surface area contributed by atoms with Crippen molar-refractivity contribution in [1.29, 1.82) is 0 Å². The molecule has 0 saturated heterocycles. The van der Waals surface area contributed by atoms with Crippen molar-refractivity contribution in [3.8, 4) is 11.4 Å². The Morgan fingerprint density at radius 1 is 0.864 bits per heavy atom. The summed E-state index contributed by atoms with van der Waals surface area (Å²) in [5, 5.41) is 38.9. The zero-order valence-electron chi connectivity index (χ0n) is 44.2. The standard InChI is InChI=1S/C55H59FN10O15/c1-3-55(79)33-18-38-48-31(25-65(38)51(76)32(33)26-80-53(55)78)47-35(12-11-30-28(2)34(56)19-36(63-48)46(30)47)64-52(77)54(15-7-8-16-54)81-27-61-41(68)22-59-49(74)37(17-29-9-5-4-6-10-29)62-42(69)23-58-40(67)21-60-50(75)39(20-57-24-45(72)73)66-43(70)13-14-44(66)71/h4-6,9-10,13-14,18-19,35,37,39,57,79H,3,7-8,11-12,15-17,20-27H2,1-2H3,(H,58,67)(H,59,74)(H,60,75)(H,61,68)(H,62,69)(H,64,77)(H,72,73)/t35-,37-,39+,55-/m0/s1. The highest BCUT2D eigenvalue weighted by molar-refractivity contribution is 6.15. The average molecular weight is 1120 g/mol. The molecular weight excluding hydrogens is 1060 g/mol. The Morgan fingerprint density at radius 3 is 2.23 bits per heavy atom. The van der Waals surface area contributed by atoms with Crippen LogP contribution in [0.3, 0.4) is 0 Å². The fourth-order valence-corrected chi connectivity index (χ4v) is 11.1. The highest BCUT2D eigenvalue weighted by Gasteiger charge is 2.47. The fourth-order valence-electron chi connectivity index (χ4n) is 11.1. The number of rotatable bonds is 22. The molecule has 0 bridgehead atoms. The van der Waals surface area contributed by atoms with Crippen LogP contribution < -0.4 is 42.8 Å². The topological polar surface area (TPSA) is 352 Å². The van der Waals surface area contributed by atoms with Gasteiger partial charge in [0, 0.05) is 47.7 Å². The van der Waals surface area contributed by atoms with Crippen molar-refractivity contribution in [2.24, 2.45) is 0 Å².